The molecule has 0 bridgehead atoms. The molecule has 0 radical (unpaired) electrons. The Morgan fingerprint density at radius 3 is 2.90 bits per heavy atom. The Labute approximate surface area is 207 Å². The lowest BCUT2D eigenvalue weighted by atomic mass is 10.2. The second-order valence-electron chi connectivity index (χ2n) is 7.61. The first-order valence-electron chi connectivity index (χ1n) is 10.2. The number of anilines is 1. The molecule has 2 N–H and O–H groups in total. The normalized spacial score (nSPS) is 16.2. The summed E-state index contributed by atoms with van der Waals surface area (Å²) in [5.74, 6) is 2.52. The molecule has 9 heteroatoms. The summed E-state index contributed by atoms with van der Waals surface area (Å²) < 4.78 is 5.82. The van der Waals surface area contributed by atoms with Crippen LogP contribution in [0.25, 0.3) is 0 Å². The average molecular weight is 559 g/mol. The first-order valence-corrected chi connectivity index (χ1v) is 10.6. The number of aliphatic imine (C=N–C) groups is 1. The Kier molecular flexibility index (Phi) is 10.6. The number of rotatable bonds is 8. The average Bonchev–Trinajstić information content (AvgIpc) is 3.20. The molecule has 1 fully saturated rings. The fraction of sp³-hybridized carbons (Fsp3) is 0.455. The quantitative estimate of drug-likeness (QED) is 0.295. The van der Waals surface area contributed by atoms with Crippen LogP contribution in [0.15, 0.2) is 47.6 Å². The van der Waals surface area contributed by atoms with Crippen molar-refractivity contribution in [1.29, 1.82) is 0 Å². The van der Waals surface area contributed by atoms with Crippen molar-refractivity contribution in [3.63, 3.8) is 0 Å². The maximum absolute atomic E-state index is 6.29. The van der Waals surface area contributed by atoms with Crippen LogP contribution in [0, 0.1) is 0 Å². The number of ether oxygens (including phenoxy) is 1. The van der Waals surface area contributed by atoms with Gasteiger partial charge in [-0.05, 0) is 50.3 Å². The highest BCUT2D eigenvalue weighted by Gasteiger charge is 2.25. The van der Waals surface area contributed by atoms with Gasteiger partial charge in [0.05, 0.1) is 5.02 Å². The molecule has 1 unspecified atom stereocenters. The highest BCUT2D eigenvalue weighted by molar-refractivity contribution is 14.0. The minimum atomic E-state index is 0. The van der Waals surface area contributed by atoms with Crippen molar-refractivity contribution in [2.45, 2.75) is 19.0 Å². The zero-order valence-electron chi connectivity index (χ0n) is 18.3. The molecule has 0 spiro atoms. The van der Waals surface area contributed by atoms with Crippen molar-refractivity contribution in [1.82, 2.24) is 20.5 Å². The van der Waals surface area contributed by atoms with Gasteiger partial charge in [-0.2, -0.15) is 0 Å². The number of nitrogens with one attached hydrogen (secondary N) is 2. The molecular weight excluding hydrogens is 527 g/mol. The monoisotopic (exact) mass is 558 g/mol. The van der Waals surface area contributed by atoms with Gasteiger partial charge in [0.2, 0.25) is 0 Å². The highest BCUT2D eigenvalue weighted by Crippen LogP contribution is 2.25. The van der Waals surface area contributed by atoms with E-state index in [0.29, 0.717) is 18.2 Å². The first kappa shape index (κ1) is 25.5. The van der Waals surface area contributed by atoms with Crippen LogP contribution >= 0.6 is 35.6 Å². The molecule has 2 heterocycles. The maximum Gasteiger partial charge on any atom is 0.191 e. The van der Waals surface area contributed by atoms with Crippen LogP contribution in [0.1, 0.15) is 12.0 Å². The Hall–Kier alpha value is -1.78. The van der Waals surface area contributed by atoms with Gasteiger partial charge in [0.1, 0.15) is 18.2 Å². The number of pyridine rings is 1. The summed E-state index contributed by atoms with van der Waals surface area (Å²) in [6, 6.07) is 12.2. The number of likely N-dealkylation sites (N-methyl/N-ethyl adjacent to an activating group) is 1. The summed E-state index contributed by atoms with van der Waals surface area (Å²) in [7, 11) is 5.87. The molecule has 31 heavy (non-hydrogen) atoms. The number of halogens is 2. The zero-order chi connectivity index (χ0) is 21.3. The summed E-state index contributed by atoms with van der Waals surface area (Å²) in [6.45, 7) is 3.99. The summed E-state index contributed by atoms with van der Waals surface area (Å²) >= 11 is 6.29. The molecule has 1 aromatic heterocycles. The molecule has 1 aromatic carbocycles. The fourth-order valence-electron chi connectivity index (χ4n) is 3.35. The van der Waals surface area contributed by atoms with Crippen molar-refractivity contribution in [3.8, 4) is 5.75 Å². The van der Waals surface area contributed by atoms with Crippen molar-refractivity contribution in [3.05, 3.63) is 53.2 Å². The maximum atomic E-state index is 6.29. The van der Waals surface area contributed by atoms with Crippen LogP contribution < -0.4 is 20.3 Å². The van der Waals surface area contributed by atoms with Gasteiger partial charge in [0.25, 0.3) is 0 Å². The van der Waals surface area contributed by atoms with Crippen LogP contribution in [0.4, 0.5) is 5.82 Å². The molecule has 0 saturated carbocycles. The SMILES string of the molecule is CN=C(NCc1cccc(OCCN(C)C)c1)NC1CCN(c2ncccc2Cl)C1.I. The topological polar surface area (TPSA) is 65.0 Å². The smallest absolute Gasteiger partial charge is 0.191 e. The molecule has 0 amide bonds. The largest absolute Gasteiger partial charge is 0.492 e. The first-order chi connectivity index (χ1) is 14.5. The number of aromatic nitrogens is 1. The lowest BCUT2D eigenvalue weighted by molar-refractivity contribution is 0.261. The van der Waals surface area contributed by atoms with E-state index in [1.165, 1.54) is 0 Å². The lowest BCUT2D eigenvalue weighted by Crippen LogP contribution is -2.44. The Bertz CT molecular complexity index is 850. The van der Waals surface area contributed by atoms with Crippen LogP contribution in [0.2, 0.25) is 5.02 Å². The van der Waals surface area contributed by atoms with Crippen molar-refractivity contribution >= 4 is 47.4 Å². The molecule has 0 aliphatic carbocycles. The van der Waals surface area contributed by atoms with E-state index in [-0.39, 0.29) is 30.0 Å². The third kappa shape index (κ3) is 8.01. The standard InChI is InChI=1S/C22H31ClN6O.HI/c1-24-22(26-15-17-6-4-7-19(14-17)30-13-12-28(2)3)27-18-9-11-29(16-18)21-20(23)8-5-10-25-21;/h4-8,10,14,18H,9,11-13,15-16H2,1-3H3,(H2,24,26,27);1H. The van der Waals surface area contributed by atoms with Gasteiger partial charge < -0.3 is 25.2 Å². The van der Waals surface area contributed by atoms with Crippen molar-refractivity contribution in [2.24, 2.45) is 4.99 Å². The van der Waals surface area contributed by atoms with E-state index in [2.05, 4.69) is 42.5 Å². The van der Waals surface area contributed by atoms with Crippen molar-refractivity contribution in [2.75, 3.05) is 52.3 Å². The van der Waals surface area contributed by atoms with Crippen LogP contribution in [0.3, 0.4) is 0 Å². The zero-order valence-corrected chi connectivity index (χ0v) is 21.4. The Morgan fingerprint density at radius 2 is 2.16 bits per heavy atom. The summed E-state index contributed by atoms with van der Waals surface area (Å²) in [5.41, 5.74) is 1.15. The molecular formula is C22H32ClIN6O. The summed E-state index contributed by atoms with van der Waals surface area (Å²) in [4.78, 5) is 13.1. The van der Waals surface area contributed by atoms with Crippen LogP contribution in [-0.2, 0) is 6.54 Å². The van der Waals surface area contributed by atoms with Crippen LogP contribution in [-0.4, -0.2) is 69.3 Å². The van der Waals surface area contributed by atoms with Gasteiger partial charge in [0, 0.05) is 45.5 Å². The third-order valence-corrected chi connectivity index (χ3v) is 5.25. The lowest BCUT2D eigenvalue weighted by Gasteiger charge is -2.20. The number of benzene rings is 1. The van der Waals surface area contributed by atoms with E-state index >= 15 is 0 Å². The molecule has 1 aliphatic heterocycles. The van der Waals surface area contributed by atoms with E-state index in [1.54, 1.807) is 13.2 Å². The molecule has 1 aliphatic rings. The number of hydrogen-bond donors (Lipinski definition) is 2. The van der Waals surface area contributed by atoms with Gasteiger partial charge in [-0.25, -0.2) is 4.98 Å². The minimum Gasteiger partial charge on any atom is -0.492 e. The number of hydrogen-bond acceptors (Lipinski definition) is 5. The van der Waals surface area contributed by atoms with E-state index < -0.39 is 0 Å². The molecule has 7 nitrogen and oxygen atoms in total. The second-order valence-corrected chi connectivity index (χ2v) is 8.02. The number of nitrogens with zero attached hydrogens (tertiary/aromatic N) is 4. The predicted octanol–water partition coefficient (Wildman–Crippen LogP) is 3.24. The van der Waals surface area contributed by atoms with Gasteiger partial charge in [-0.1, -0.05) is 23.7 Å². The van der Waals surface area contributed by atoms with Gasteiger partial charge in [0.15, 0.2) is 5.96 Å². The van der Waals surface area contributed by atoms with Crippen molar-refractivity contribution < 1.29 is 4.74 Å². The van der Waals surface area contributed by atoms with Gasteiger partial charge in [-0.15, -0.1) is 24.0 Å². The van der Waals surface area contributed by atoms with Gasteiger partial charge in [-0.3, -0.25) is 4.99 Å². The molecule has 170 valence electrons. The fourth-order valence-corrected chi connectivity index (χ4v) is 3.59. The Balaban J connectivity index is 0.00000341. The second kappa shape index (κ2) is 12.9. The summed E-state index contributed by atoms with van der Waals surface area (Å²) in [6.07, 6.45) is 2.78. The van der Waals surface area contributed by atoms with E-state index in [4.69, 9.17) is 16.3 Å². The minimum absolute atomic E-state index is 0. The summed E-state index contributed by atoms with van der Waals surface area (Å²) in [5, 5.41) is 7.59. The molecule has 1 atom stereocenters. The van der Waals surface area contributed by atoms with Crippen LogP contribution in [0.5, 0.6) is 5.75 Å². The third-order valence-electron chi connectivity index (χ3n) is 4.96. The van der Waals surface area contributed by atoms with E-state index in [9.17, 15) is 0 Å². The Morgan fingerprint density at radius 1 is 1.32 bits per heavy atom. The van der Waals surface area contributed by atoms with E-state index in [1.807, 2.05) is 38.4 Å². The molecule has 2 aromatic rings. The van der Waals surface area contributed by atoms with E-state index in [0.717, 1.165) is 49.1 Å². The predicted molar refractivity (Wildman–Crippen MR) is 139 cm³/mol. The molecule has 3 rings (SSSR count). The highest BCUT2D eigenvalue weighted by atomic mass is 127. The number of guanidine groups is 1. The van der Waals surface area contributed by atoms with Gasteiger partial charge >= 0.3 is 0 Å². The molecule has 1 saturated heterocycles.